The third-order valence-corrected chi connectivity index (χ3v) is 8.95. The Hall–Kier alpha value is -3.34. The van der Waals surface area contributed by atoms with Gasteiger partial charge in [0, 0.05) is 41.7 Å². The first kappa shape index (κ1) is 24.0. The van der Waals surface area contributed by atoms with E-state index in [1.807, 2.05) is 30.3 Å². The van der Waals surface area contributed by atoms with Crippen LogP contribution >= 0.6 is 0 Å². The zero-order valence-corrected chi connectivity index (χ0v) is 21.6. The van der Waals surface area contributed by atoms with Gasteiger partial charge in [-0.2, -0.15) is 0 Å². The van der Waals surface area contributed by atoms with Crippen LogP contribution in [0.1, 0.15) is 66.1 Å². The highest BCUT2D eigenvalue weighted by atomic mass is 16.2. The molecule has 2 heterocycles. The average Bonchev–Trinajstić information content (AvgIpc) is 3.39. The second-order valence-corrected chi connectivity index (χ2v) is 11.2. The largest absolute Gasteiger partial charge is 0.381 e. The van der Waals surface area contributed by atoms with Gasteiger partial charge >= 0.3 is 0 Å². The van der Waals surface area contributed by atoms with E-state index < -0.39 is 0 Å². The lowest BCUT2D eigenvalue weighted by Crippen LogP contribution is -2.51. The fourth-order valence-electron chi connectivity index (χ4n) is 7.12. The molecule has 0 aromatic heterocycles. The van der Waals surface area contributed by atoms with Crippen molar-refractivity contribution >= 4 is 17.5 Å². The number of benzene rings is 2. The molecular weight excluding hydrogens is 458 g/mol. The van der Waals surface area contributed by atoms with Gasteiger partial charge in [0.25, 0.3) is 5.91 Å². The van der Waals surface area contributed by atoms with Crippen LogP contribution < -0.4 is 10.6 Å². The van der Waals surface area contributed by atoms with Crippen molar-refractivity contribution in [2.24, 2.45) is 17.8 Å². The van der Waals surface area contributed by atoms with Crippen LogP contribution in [0.2, 0.25) is 0 Å². The minimum Gasteiger partial charge on any atom is -0.381 e. The van der Waals surface area contributed by atoms with Crippen molar-refractivity contribution in [2.45, 2.75) is 63.6 Å². The van der Waals surface area contributed by atoms with Crippen LogP contribution in [0.15, 0.2) is 72.8 Å². The number of nitrogens with one attached hydrogen (secondary N) is 2. The molecule has 0 bridgehead atoms. The number of rotatable bonds is 4. The van der Waals surface area contributed by atoms with Crippen molar-refractivity contribution in [3.63, 3.8) is 0 Å². The van der Waals surface area contributed by atoms with Crippen molar-refractivity contribution in [3.05, 3.63) is 89.5 Å². The first-order chi connectivity index (χ1) is 18.1. The van der Waals surface area contributed by atoms with Gasteiger partial charge in [-0.15, -0.1) is 0 Å². The molecule has 6 rings (SSSR count). The van der Waals surface area contributed by atoms with E-state index in [9.17, 15) is 9.59 Å². The predicted molar refractivity (Wildman–Crippen MR) is 147 cm³/mol. The molecule has 5 nitrogen and oxygen atoms in total. The molecule has 6 atom stereocenters. The lowest BCUT2D eigenvalue weighted by Gasteiger charge is -2.44. The van der Waals surface area contributed by atoms with Gasteiger partial charge < -0.3 is 15.5 Å². The first-order valence-corrected chi connectivity index (χ1v) is 14.0. The SMILES string of the molecule is Cc1ccc2c(c1)N[C@@H](C1C=CC=CC1)[C@H]1CCN(C(=O)[C@H]3CCCC[C@H]3NC(=O)c3ccccc3)[C@@H]21. The number of carbonyl (C=O) groups excluding carboxylic acids is 2. The maximum Gasteiger partial charge on any atom is 0.251 e. The van der Waals surface area contributed by atoms with Crippen molar-refractivity contribution < 1.29 is 9.59 Å². The van der Waals surface area contributed by atoms with Gasteiger partial charge in [0.15, 0.2) is 0 Å². The molecule has 4 aliphatic rings. The molecule has 1 saturated carbocycles. The number of fused-ring (bicyclic) bond motifs is 3. The van der Waals surface area contributed by atoms with Crippen LogP contribution in [0.4, 0.5) is 5.69 Å². The van der Waals surface area contributed by atoms with Gasteiger partial charge in [0.2, 0.25) is 5.91 Å². The molecule has 1 unspecified atom stereocenters. The summed E-state index contributed by atoms with van der Waals surface area (Å²) in [6, 6.07) is 16.3. The van der Waals surface area contributed by atoms with Crippen LogP contribution in [0.5, 0.6) is 0 Å². The van der Waals surface area contributed by atoms with E-state index in [2.05, 4.69) is 65.0 Å². The third kappa shape index (κ3) is 4.60. The Balaban J connectivity index is 1.27. The first-order valence-electron chi connectivity index (χ1n) is 14.0. The molecule has 2 aromatic rings. The van der Waals surface area contributed by atoms with Gasteiger partial charge in [0.1, 0.15) is 0 Å². The smallest absolute Gasteiger partial charge is 0.251 e. The summed E-state index contributed by atoms with van der Waals surface area (Å²) >= 11 is 0. The summed E-state index contributed by atoms with van der Waals surface area (Å²) in [5.74, 6) is 0.774. The minimum atomic E-state index is -0.167. The zero-order chi connectivity index (χ0) is 25.4. The van der Waals surface area contributed by atoms with Gasteiger partial charge in [0.05, 0.1) is 12.0 Å². The number of hydrogen-bond donors (Lipinski definition) is 2. The van der Waals surface area contributed by atoms with Crippen molar-refractivity contribution in [1.82, 2.24) is 10.2 Å². The monoisotopic (exact) mass is 495 g/mol. The number of allylic oxidation sites excluding steroid dienone is 3. The minimum absolute atomic E-state index is 0.0792. The van der Waals surface area contributed by atoms with Gasteiger partial charge in [-0.3, -0.25) is 9.59 Å². The van der Waals surface area contributed by atoms with E-state index >= 15 is 0 Å². The molecule has 1 saturated heterocycles. The fraction of sp³-hybridized carbons (Fsp3) is 0.438. The molecule has 2 aromatic carbocycles. The number of carbonyl (C=O) groups is 2. The Kier molecular flexibility index (Phi) is 6.62. The second kappa shape index (κ2) is 10.2. The Morgan fingerprint density at radius 2 is 1.84 bits per heavy atom. The second-order valence-electron chi connectivity index (χ2n) is 11.2. The summed E-state index contributed by atoms with van der Waals surface area (Å²) in [4.78, 5) is 29.4. The summed E-state index contributed by atoms with van der Waals surface area (Å²) in [5, 5.41) is 7.12. The van der Waals surface area contributed by atoms with Gasteiger partial charge in [-0.05, 0) is 61.9 Å². The van der Waals surface area contributed by atoms with E-state index in [0.29, 0.717) is 23.4 Å². The number of nitrogens with zero attached hydrogens (tertiary/aromatic N) is 1. The topological polar surface area (TPSA) is 61.4 Å². The number of amides is 2. The Labute approximate surface area is 220 Å². The zero-order valence-electron chi connectivity index (χ0n) is 21.6. The van der Waals surface area contributed by atoms with Crippen LogP contribution in [-0.2, 0) is 4.79 Å². The maximum atomic E-state index is 14.3. The maximum absolute atomic E-state index is 14.3. The Bertz CT molecular complexity index is 1220. The normalized spacial score (nSPS) is 30.2. The number of likely N-dealkylation sites (tertiary alicyclic amines) is 1. The molecular formula is C32H37N3O2. The third-order valence-electron chi connectivity index (χ3n) is 8.95. The predicted octanol–water partition coefficient (Wildman–Crippen LogP) is 5.80. The van der Waals surface area contributed by atoms with Crippen LogP contribution in [0.25, 0.3) is 0 Å². The number of hydrogen-bond acceptors (Lipinski definition) is 3. The summed E-state index contributed by atoms with van der Waals surface area (Å²) in [7, 11) is 0. The molecule has 5 heteroatoms. The standard InChI is InChI=1S/C32H37N3O2/c1-21-16-17-24-28(20-21)33-29(22-10-4-2-5-11-22)26-18-19-35(30(24)26)32(37)25-14-8-9-15-27(25)34-31(36)23-12-6-3-7-13-23/h2-7,10,12-13,16-17,20,22,25-27,29-30,33H,8-9,11,14-15,18-19H2,1H3,(H,34,36)/t22?,25-,26+,27+,29-,30-/m0/s1. The fourth-order valence-corrected chi connectivity index (χ4v) is 7.12. The van der Waals surface area contributed by atoms with Gasteiger partial charge in [-0.25, -0.2) is 0 Å². The summed E-state index contributed by atoms with van der Waals surface area (Å²) in [6.45, 7) is 2.91. The quantitative estimate of drug-likeness (QED) is 0.564. The van der Waals surface area contributed by atoms with Gasteiger partial charge in [-0.1, -0.05) is 67.5 Å². The molecule has 0 spiro atoms. The molecule has 192 valence electrons. The number of aryl methyl sites for hydroxylation is 1. The molecule has 0 radical (unpaired) electrons. The molecule has 2 aliphatic heterocycles. The highest BCUT2D eigenvalue weighted by Gasteiger charge is 2.49. The summed E-state index contributed by atoms with van der Waals surface area (Å²) in [5.41, 5.74) is 4.30. The van der Waals surface area contributed by atoms with Crippen molar-refractivity contribution in [2.75, 3.05) is 11.9 Å². The van der Waals surface area contributed by atoms with E-state index in [0.717, 1.165) is 45.1 Å². The molecule has 2 N–H and O–H groups in total. The highest BCUT2D eigenvalue weighted by molar-refractivity contribution is 5.95. The Morgan fingerprint density at radius 3 is 2.65 bits per heavy atom. The van der Waals surface area contributed by atoms with E-state index in [-0.39, 0.29) is 29.8 Å². The van der Waals surface area contributed by atoms with Crippen molar-refractivity contribution in [1.29, 1.82) is 0 Å². The average molecular weight is 496 g/mol. The van der Waals surface area contributed by atoms with E-state index in [1.54, 1.807) is 0 Å². The summed E-state index contributed by atoms with van der Waals surface area (Å²) < 4.78 is 0. The lowest BCUT2D eigenvalue weighted by atomic mass is 9.75. The van der Waals surface area contributed by atoms with Crippen LogP contribution in [0.3, 0.4) is 0 Å². The van der Waals surface area contributed by atoms with E-state index in [4.69, 9.17) is 0 Å². The lowest BCUT2D eigenvalue weighted by molar-refractivity contribution is -0.139. The van der Waals surface area contributed by atoms with Crippen molar-refractivity contribution in [3.8, 4) is 0 Å². The molecule has 37 heavy (non-hydrogen) atoms. The highest BCUT2D eigenvalue weighted by Crippen LogP contribution is 2.50. The number of anilines is 1. The Morgan fingerprint density at radius 1 is 1.00 bits per heavy atom. The van der Waals surface area contributed by atoms with Crippen LogP contribution in [-0.4, -0.2) is 35.3 Å². The molecule has 2 fully saturated rings. The van der Waals surface area contributed by atoms with Crippen LogP contribution in [0, 0.1) is 24.7 Å². The summed E-state index contributed by atoms with van der Waals surface area (Å²) in [6.07, 6.45) is 14.7. The molecule has 2 aliphatic carbocycles. The molecule has 2 amide bonds. The van der Waals surface area contributed by atoms with E-state index in [1.165, 1.54) is 16.8 Å².